The first-order valence-electron chi connectivity index (χ1n) is 7.28. The molecule has 1 heterocycles. The van der Waals surface area contributed by atoms with Crippen molar-refractivity contribution in [1.82, 2.24) is 4.90 Å². The molecule has 1 aliphatic carbocycles. The van der Waals surface area contributed by atoms with E-state index in [1.807, 2.05) is 0 Å². The number of ether oxygens (including phenoxy) is 1. The number of halogens is 1. The fourth-order valence-corrected chi connectivity index (χ4v) is 3.19. The summed E-state index contributed by atoms with van der Waals surface area (Å²) in [7, 11) is -4.19. The van der Waals surface area contributed by atoms with Crippen molar-refractivity contribution in [2.75, 3.05) is 19.7 Å². The van der Waals surface area contributed by atoms with Gasteiger partial charge >= 0.3 is 34.8 Å². The Morgan fingerprint density at radius 3 is 2.05 bits per heavy atom. The van der Waals surface area contributed by atoms with E-state index in [2.05, 4.69) is 4.90 Å². The molecule has 0 spiro atoms. The number of hydrogen-bond acceptors (Lipinski definition) is 7. The van der Waals surface area contributed by atoms with Crippen LogP contribution in [0.1, 0.15) is 51.9 Å². The van der Waals surface area contributed by atoms with Crippen LogP contribution in [-0.2, 0) is 9.53 Å². The average molecular weight is 328 g/mol. The van der Waals surface area contributed by atoms with Gasteiger partial charge in [-0.15, -0.1) is 0 Å². The molecular formula is C13H26ClNO6. The second-order valence-electron chi connectivity index (χ2n) is 5.69. The minimum atomic E-state index is -4.19. The molecule has 21 heavy (non-hydrogen) atoms. The number of hydrogen-bond donors (Lipinski definition) is 3. The van der Waals surface area contributed by atoms with Gasteiger partial charge in [0.15, 0.2) is 0 Å². The minimum absolute atomic E-state index is 0.135. The Morgan fingerprint density at radius 2 is 1.62 bits per heavy atom. The first kappa shape index (κ1) is 18.6. The summed E-state index contributed by atoms with van der Waals surface area (Å²) >= 11 is 0. The van der Waals surface area contributed by atoms with Gasteiger partial charge in [-0.25, -0.2) is 0 Å². The van der Waals surface area contributed by atoms with E-state index < -0.39 is 10.2 Å². The van der Waals surface area contributed by atoms with Crippen LogP contribution in [0.15, 0.2) is 0 Å². The standard InChI is InChI=1S/C13H23NO2.ClH3O4/c1-12(15)16-11-13(7-3-2-4-8-13)14-9-5-6-10-14;2-1(3,4)5/h2-11H2,1H3;2-4H. The summed E-state index contributed by atoms with van der Waals surface area (Å²) in [6, 6.07) is 0. The number of nitrogens with zero attached hydrogens (tertiary/aromatic N) is 1. The molecule has 0 aromatic rings. The first-order valence-corrected chi connectivity index (χ1v) is 8.60. The summed E-state index contributed by atoms with van der Waals surface area (Å²) in [6.07, 6.45) is 8.95. The van der Waals surface area contributed by atoms with Gasteiger partial charge in [-0.05, 0) is 38.8 Å². The number of rotatable bonds is 3. The first-order chi connectivity index (χ1) is 9.73. The van der Waals surface area contributed by atoms with E-state index in [4.69, 9.17) is 23.4 Å². The van der Waals surface area contributed by atoms with Crippen molar-refractivity contribution in [3.05, 3.63) is 0 Å². The Balaban J connectivity index is 0.000000383. The molecule has 126 valence electrons. The van der Waals surface area contributed by atoms with Crippen LogP contribution in [0.5, 0.6) is 0 Å². The van der Waals surface area contributed by atoms with Crippen molar-refractivity contribution in [3.8, 4) is 0 Å². The summed E-state index contributed by atoms with van der Waals surface area (Å²) in [5.41, 5.74) is 0.181. The second kappa shape index (κ2) is 8.26. The summed E-state index contributed by atoms with van der Waals surface area (Å²) < 4.78 is 35.5. The molecule has 2 rings (SSSR count). The van der Waals surface area contributed by atoms with Crippen molar-refractivity contribution in [2.24, 2.45) is 0 Å². The van der Waals surface area contributed by atoms with E-state index in [1.165, 1.54) is 65.0 Å². The van der Waals surface area contributed by atoms with Gasteiger partial charge in [-0.1, -0.05) is 19.3 Å². The molecule has 0 unspecified atom stereocenters. The van der Waals surface area contributed by atoms with Crippen molar-refractivity contribution in [2.45, 2.75) is 57.4 Å². The number of esters is 1. The molecule has 0 aromatic heterocycles. The number of carbonyl (C=O) groups is 1. The second-order valence-corrected chi connectivity index (χ2v) is 6.56. The van der Waals surface area contributed by atoms with E-state index in [0.29, 0.717) is 6.61 Å². The Morgan fingerprint density at radius 1 is 1.14 bits per heavy atom. The molecular weight excluding hydrogens is 302 g/mol. The fourth-order valence-electron chi connectivity index (χ4n) is 3.19. The predicted octanol–water partition coefficient (Wildman–Crippen LogP) is -0.512. The van der Waals surface area contributed by atoms with Crippen molar-refractivity contribution in [3.63, 3.8) is 0 Å². The maximum absolute atomic E-state index is 11.0. The Labute approximate surface area is 127 Å². The molecule has 1 aliphatic heterocycles. The zero-order valence-corrected chi connectivity index (χ0v) is 13.2. The molecule has 1 saturated carbocycles. The van der Waals surface area contributed by atoms with Crippen LogP contribution < -0.4 is 4.66 Å². The number of likely N-dealkylation sites (tertiary alicyclic amines) is 1. The fraction of sp³-hybridized carbons (Fsp3) is 0.923. The average Bonchev–Trinajstić information content (AvgIpc) is 2.90. The maximum atomic E-state index is 11.0. The van der Waals surface area contributed by atoms with Crippen molar-refractivity contribution >= 4 is 5.97 Å². The van der Waals surface area contributed by atoms with E-state index in [0.717, 1.165) is 0 Å². The SMILES string of the molecule is CC(=O)OCC1(N2CCCC2)CCCCC1.[O-][Cl+](O)(O)O. The molecule has 0 atom stereocenters. The molecule has 0 aromatic carbocycles. The summed E-state index contributed by atoms with van der Waals surface area (Å²) in [5, 5.41) is 0. The van der Waals surface area contributed by atoms with Gasteiger partial charge in [-0.2, -0.15) is 0 Å². The molecule has 1 saturated heterocycles. The molecule has 3 N–H and O–H groups in total. The van der Waals surface area contributed by atoms with Crippen LogP contribution in [0.25, 0.3) is 0 Å². The van der Waals surface area contributed by atoms with Crippen LogP contribution in [0.3, 0.4) is 0 Å². The van der Waals surface area contributed by atoms with Crippen LogP contribution in [0.4, 0.5) is 0 Å². The summed E-state index contributed by atoms with van der Waals surface area (Å²) in [6.45, 7) is 4.52. The predicted molar refractivity (Wildman–Crippen MR) is 69.9 cm³/mol. The Hall–Kier alpha value is -0.440. The molecule has 0 radical (unpaired) electrons. The van der Waals surface area contributed by atoms with Gasteiger partial charge in [-0.3, -0.25) is 9.69 Å². The van der Waals surface area contributed by atoms with E-state index >= 15 is 0 Å². The third kappa shape index (κ3) is 7.39. The zero-order chi connectivity index (χ0) is 15.9. The van der Waals surface area contributed by atoms with Crippen LogP contribution in [-0.4, -0.2) is 50.1 Å². The van der Waals surface area contributed by atoms with Gasteiger partial charge in [0.1, 0.15) is 6.61 Å². The Bertz CT molecular complexity index is 315. The van der Waals surface area contributed by atoms with Crippen molar-refractivity contribution < 1.29 is 38.4 Å². The van der Waals surface area contributed by atoms with Crippen LogP contribution >= 0.6 is 0 Å². The molecule has 7 nitrogen and oxygen atoms in total. The Kier molecular flexibility index (Phi) is 7.32. The number of carbonyl (C=O) groups excluding carboxylic acids is 1. The molecule has 8 heteroatoms. The van der Waals surface area contributed by atoms with Crippen LogP contribution in [0.2, 0.25) is 0 Å². The third-order valence-corrected chi connectivity index (χ3v) is 4.11. The summed E-state index contributed by atoms with van der Waals surface area (Å²) in [5.74, 6) is -0.135. The third-order valence-electron chi connectivity index (χ3n) is 4.11. The van der Waals surface area contributed by atoms with Gasteiger partial charge in [0.2, 0.25) is 0 Å². The summed E-state index contributed by atoms with van der Waals surface area (Å²) in [4.78, 5) is 13.6. The van der Waals surface area contributed by atoms with Gasteiger partial charge in [0.25, 0.3) is 0 Å². The molecule has 0 amide bonds. The van der Waals surface area contributed by atoms with Gasteiger partial charge in [0, 0.05) is 6.92 Å². The zero-order valence-electron chi connectivity index (χ0n) is 12.5. The topological polar surface area (TPSA) is 113 Å². The normalized spacial score (nSPS) is 23.1. The van der Waals surface area contributed by atoms with Gasteiger partial charge < -0.3 is 4.74 Å². The van der Waals surface area contributed by atoms with E-state index in [9.17, 15) is 4.79 Å². The molecule has 2 fully saturated rings. The van der Waals surface area contributed by atoms with Crippen molar-refractivity contribution in [1.29, 1.82) is 0 Å². The van der Waals surface area contributed by atoms with E-state index in [1.54, 1.807) is 0 Å². The molecule has 0 bridgehead atoms. The monoisotopic (exact) mass is 327 g/mol. The van der Waals surface area contributed by atoms with E-state index in [-0.39, 0.29) is 11.5 Å². The van der Waals surface area contributed by atoms with Crippen LogP contribution in [0, 0.1) is 10.2 Å². The quantitative estimate of drug-likeness (QED) is 0.598. The van der Waals surface area contributed by atoms with Gasteiger partial charge in [0.05, 0.1) is 5.54 Å². The molecule has 2 aliphatic rings.